The Kier molecular flexibility index (Phi) is 6.50. The summed E-state index contributed by atoms with van der Waals surface area (Å²) in [4.78, 5) is 39.9. The molecule has 0 saturated heterocycles. The van der Waals surface area contributed by atoms with Crippen LogP contribution in [0.2, 0.25) is 0 Å². The SMILES string of the molecule is CCc1[nH]c(C(=O)NC(C(=O)NC)c2ccc(F)c(F)c2)c(C)c1C(=O)OC. The molecule has 2 aromatic rings. The van der Waals surface area contributed by atoms with E-state index in [1.54, 1.807) is 13.8 Å². The summed E-state index contributed by atoms with van der Waals surface area (Å²) >= 11 is 0. The molecule has 0 aliphatic carbocycles. The lowest BCUT2D eigenvalue weighted by Crippen LogP contribution is -2.39. The highest BCUT2D eigenvalue weighted by Crippen LogP contribution is 2.22. The van der Waals surface area contributed by atoms with Crippen molar-refractivity contribution >= 4 is 17.8 Å². The molecule has 0 fully saturated rings. The first-order valence-corrected chi connectivity index (χ1v) is 8.52. The molecule has 0 aliphatic heterocycles. The number of benzene rings is 1. The maximum absolute atomic E-state index is 13.6. The van der Waals surface area contributed by atoms with Crippen LogP contribution in [0.15, 0.2) is 18.2 Å². The molecular formula is C19H21F2N3O4. The van der Waals surface area contributed by atoms with E-state index in [9.17, 15) is 23.2 Å². The summed E-state index contributed by atoms with van der Waals surface area (Å²) in [6.45, 7) is 3.37. The van der Waals surface area contributed by atoms with Gasteiger partial charge in [-0.1, -0.05) is 13.0 Å². The normalized spacial score (nSPS) is 11.6. The van der Waals surface area contributed by atoms with Gasteiger partial charge in [-0.3, -0.25) is 9.59 Å². The molecule has 0 bridgehead atoms. The minimum atomic E-state index is -1.26. The van der Waals surface area contributed by atoms with Gasteiger partial charge >= 0.3 is 5.97 Å². The number of aromatic amines is 1. The highest BCUT2D eigenvalue weighted by Gasteiger charge is 2.28. The minimum absolute atomic E-state index is 0.0692. The van der Waals surface area contributed by atoms with Gasteiger partial charge in [-0.25, -0.2) is 13.6 Å². The summed E-state index contributed by atoms with van der Waals surface area (Å²) in [6.07, 6.45) is 0.445. The number of aryl methyl sites for hydroxylation is 1. The Hall–Kier alpha value is -3.23. The second-order valence-corrected chi connectivity index (χ2v) is 6.02. The van der Waals surface area contributed by atoms with Crippen LogP contribution in [-0.4, -0.2) is 36.9 Å². The summed E-state index contributed by atoms with van der Waals surface area (Å²) in [6, 6.07) is 1.66. The minimum Gasteiger partial charge on any atom is -0.465 e. The van der Waals surface area contributed by atoms with Crippen LogP contribution in [0.4, 0.5) is 8.78 Å². The highest BCUT2D eigenvalue weighted by molar-refractivity contribution is 6.02. The second kappa shape index (κ2) is 8.64. The van der Waals surface area contributed by atoms with Crippen LogP contribution >= 0.6 is 0 Å². The van der Waals surface area contributed by atoms with Crippen molar-refractivity contribution in [2.45, 2.75) is 26.3 Å². The largest absolute Gasteiger partial charge is 0.465 e. The number of nitrogens with one attached hydrogen (secondary N) is 3. The van der Waals surface area contributed by atoms with Crippen LogP contribution in [0.3, 0.4) is 0 Å². The number of halogens is 2. The van der Waals surface area contributed by atoms with Gasteiger partial charge in [0, 0.05) is 12.7 Å². The molecule has 2 amide bonds. The molecule has 2 rings (SSSR count). The number of hydrogen-bond acceptors (Lipinski definition) is 4. The fourth-order valence-electron chi connectivity index (χ4n) is 2.87. The van der Waals surface area contributed by atoms with E-state index < -0.39 is 35.5 Å². The lowest BCUT2D eigenvalue weighted by atomic mass is 10.0. The molecule has 0 spiro atoms. The molecule has 1 heterocycles. The summed E-state index contributed by atoms with van der Waals surface area (Å²) in [5.74, 6) is -4.10. The maximum atomic E-state index is 13.6. The standard InChI is InChI=1S/C19H21F2N3O4/c1-5-13-14(19(27)28-4)9(2)15(23-13)18(26)24-16(17(25)22-3)10-6-7-11(20)12(21)8-10/h6-8,16,23H,5H2,1-4H3,(H,22,25)(H,24,26). The number of carbonyl (C=O) groups is 3. The summed E-state index contributed by atoms with van der Waals surface area (Å²) in [5, 5.41) is 4.86. The third-order valence-corrected chi connectivity index (χ3v) is 4.36. The topological polar surface area (TPSA) is 100 Å². The van der Waals surface area contributed by atoms with Crippen molar-refractivity contribution in [3.05, 3.63) is 57.9 Å². The first-order chi connectivity index (χ1) is 13.2. The first-order valence-electron chi connectivity index (χ1n) is 8.52. The molecule has 1 aromatic heterocycles. The molecule has 1 unspecified atom stereocenters. The molecule has 0 saturated carbocycles. The van der Waals surface area contributed by atoms with Crippen molar-refractivity contribution in [3.63, 3.8) is 0 Å². The number of amides is 2. The molecule has 1 aromatic carbocycles. The van der Waals surface area contributed by atoms with E-state index in [-0.39, 0.29) is 16.8 Å². The fourth-order valence-corrected chi connectivity index (χ4v) is 2.87. The van der Waals surface area contributed by atoms with Gasteiger partial charge in [0.2, 0.25) is 5.91 Å². The quantitative estimate of drug-likeness (QED) is 0.655. The van der Waals surface area contributed by atoms with Crippen LogP contribution in [0, 0.1) is 18.6 Å². The van der Waals surface area contributed by atoms with E-state index in [0.717, 1.165) is 12.1 Å². The van der Waals surface area contributed by atoms with Crippen LogP contribution in [0.25, 0.3) is 0 Å². The predicted octanol–water partition coefficient (Wildman–Crippen LogP) is 2.17. The smallest absolute Gasteiger partial charge is 0.339 e. The second-order valence-electron chi connectivity index (χ2n) is 6.02. The number of ether oxygens (including phenoxy) is 1. The summed E-state index contributed by atoms with van der Waals surface area (Å²) in [7, 11) is 2.59. The Bertz CT molecular complexity index is 924. The molecule has 7 nitrogen and oxygen atoms in total. The summed E-state index contributed by atoms with van der Waals surface area (Å²) in [5.41, 5.74) is 1.27. The van der Waals surface area contributed by atoms with Gasteiger partial charge < -0.3 is 20.4 Å². The average molecular weight is 393 g/mol. The van der Waals surface area contributed by atoms with Crippen LogP contribution < -0.4 is 10.6 Å². The zero-order valence-corrected chi connectivity index (χ0v) is 15.9. The molecule has 0 aliphatic rings. The molecule has 28 heavy (non-hydrogen) atoms. The Labute approximate surface area is 160 Å². The molecule has 3 N–H and O–H groups in total. The van der Waals surface area contributed by atoms with E-state index in [1.807, 2.05) is 0 Å². The van der Waals surface area contributed by atoms with Gasteiger partial charge in [0.05, 0.1) is 12.7 Å². The van der Waals surface area contributed by atoms with Crippen molar-refractivity contribution in [1.82, 2.24) is 15.6 Å². The number of likely N-dealkylation sites (N-methyl/N-ethyl adjacent to an activating group) is 1. The van der Waals surface area contributed by atoms with Crippen LogP contribution in [-0.2, 0) is 16.0 Å². The van der Waals surface area contributed by atoms with Gasteiger partial charge in [0.25, 0.3) is 5.91 Å². The number of aromatic nitrogens is 1. The van der Waals surface area contributed by atoms with E-state index in [2.05, 4.69) is 15.6 Å². The first kappa shape index (κ1) is 21.1. The lowest BCUT2D eigenvalue weighted by molar-refractivity contribution is -0.122. The highest BCUT2D eigenvalue weighted by atomic mass is 19.2. The van der Waals surface area contributed by atoms with Crippen molar-refractivity contribution in [2.75, 3.05) is 14.2 Å². The van der Waals surface area contributed by atoms with Crippen molar-refractivity contribution in [2.24, 2.45) is 0 Å². The number of methoxy groups -OCH3 is 1. The van der Waals surface area contributed by atoms with Gasteiger partial charge in [-0.2, -0.15) is 0 Å². The number of H-pyrrole nitrogens is 1. The Morgan fingerprint density at radius 1 is 1.21 bits per heavy atom. The molecular weight excluding hydrogens is 372 g/mol. The Morgan fingerprint density at radius 2 is 1.89 bits per heavy atom. The van der Waals surface area contributed by atoms with Gasteiger partial charge in [-0.05, 0) is 36.6 Å². The molecule has 9 heteroatoms. The van der Waals surface area contributed by atoms with Crippen molar-refractivity contribution < 1.29 is 27.9 Å². The van der Waals surface area contributed by atoms with E-state index in [1.165, 1.54) is 20.2 Å². The summed E-state index contributed by atoms with van der Waals surface area (Å²) < 4.78 is 31.5. The third kappa shape index (κ3) is 4.03. The molecule has 150 valence electrons. The lowest BCUT2D eigenvalue weighted by Gasteiger charge is -2.18. The number of rotatable bonds is 6. The number of esters is 1. The fraction of sp³-hybridized carbons (Fsp3) is 0.316. The number of carbonyl (C=O) groups excluding carboxylic acids is 3. The zero-order valence-electron chi connectivity index (χ0n) is 15.9. The molecule has 0 radical (unpaired) electrons. The zero-order chi connectivity index (χ0) is 21.0. The van der Waals surface area contributed by atoms with Crippen molar-refractivity contribution in [1.29, 1.82) is 0 Å². The van der Waals surface area contributed by atoms with E-state index in [0.29, 0.717) is 17.7 Å². The van der Waals surface area contributed by atoms with Crippen molar-refractivity contribution in [3.8, 4) is 0 Å². The van der Waals surface area contributed by atoms with Crippen LogP contribution in [0.1, 0.15) is 50.6 Å². The van der Waals surface area contributed by atoms with E-state index >= 15 is 0 Å². The van der Waals surface area contributed by atoms with E-state index in [4.69, 9.17) is 4.74 Å². The Balaban J connectivity index is 2.41. The van der Waals surface area contributed by atoms with Crippen LogP contribution in [0.5, 0.6) is 0 Å². The number of hydrogen-bond donors (Lipinski definition) is 3. The predicted molar refractivity (Wildman–Crippen MR) is 96.9 cm³/mol. The molecule has 1 atom stereocenters. The van der Waals surface area contributed by atoms with Gasteiger partial charge in [-0.15, -0.1) is 0 Å². The van der Waals surface area contributed by atoms with Gasteiger partial charge in [0.15, 0.2) is 11.6 Å². The van der Waals surface area contributed by atoms with Gasteiger partial charge in [0.1, 0.15) is 11.7 Å². The monoisotopic (exact) mass is 393 g/mol. The maximum Gasteiger partial charge on any atom is 0.339 e. The Morgan fingerprint density at radius 3 is 2.43 bits per heavy atom. The third-order valence-electron chi connectivity index (χ3n) is 4.36. The average Bonchev–Trinajstić information content (AvgIpc) is 3.03.